The Hall–Kier alpha value is -3.29. The molecule has 1 N–H and O–H groups in total. The second-order valence-electron chi connectivity index (χ2n) is 5.32. The third kappa shape index (κ3) is 4.62. The number of ether oxygens (including phenoxy) is 1. The topological polar surface area (TPSA) is 75.7 Å². The Labute approximate surface area is 148 Å². The smallest absolute Gasteiger partial charge is 0.337 e. The van der Waals surface area contributed by atoms with Crippen molar-refractivity contribution in [3.05, 3.63) is 59.7 Å². The molecule has 2 aromatic rings. The average Bonchev–Trinajstić information content (AvgIpc) is 2.61. The lowest BCUT2D eigenvalue weighted by molar-refractivity contribution is -0.120. The van der Waals surface area contributed by atoms with Crippen LogP contribution in [0.15, 0.2) is 42.5 Å². The molecule has 0 atom stereocenters. The minimum absolute atomic E-state index is 0.0508. The standard InChI is InChI=1S/C18H16F2N2O4/c1-11(23)22(14-6-7-15(19)16(20)9-14)10-17(24)21-13-5-3-4-12(8-13)18(25)26-2/h3-9H,10H2,1-2H3,(H,21,24). The lowest BCUT2D eigenvalue weighted by Gasteiger charge is -2.21. The first-order valence-corrected chi connectivity index (χ1v) is 7.53. The summed E-state index contributed by atoms with van der Waals surface area (Å²) < 4.78 is 31.0. The van der Waals surface area contributed by atoms with Gasteiger partial charge in [-0.05, 0) is 30.3 Å². The van der Waals surface area contributed by atoms with Crippen molar-refractivity contribution in [2.24, 2.45) is 0 Å². The number of esters is 1. The number of nitrogens with one attached hydrogen (secondary N) is 1. The molecule has 0 radical (unpaired) electrons. The van der Waals surface area contributed by atoms with Crippen LogP contribution in [0, 0.1) is 11.6 Å². The Morgan fingerprint density at radius 1 is 1.08 bits per heavy atom. The average molecular weight is 362 g/mol. The number of halogens is 2. The van der Waals surface area contributed by atoms with Crippen molar-refractivity contribution in [3.63, 3.8) is 0 Å². The summed E-state index contributed by atoms with van der Waals surface area (Å²) in [5.74, 6) is -3.84. The van der Waals surface area contributed by atoms with E-state index in [1.54, 1.807) is 12.1 Å². The summed E-state index contributed by atoms with van der Waals surface area (Å²) in [6, 6.07) is 8.95. The number of anilines is 2. The number of hydrogen-bond acceptors (Lipinski definition) is 4. The molecule has 0 bridgehead atoms. The van der Waals surface area contributed by atoms with E-state index in [0.717, 1.165) is 17.0 Å². The molecule has 0 fully saturated rings. The van der Waals surface area contributed by atoms with Crippen LogP contribution in [-0.2, 0) is 14.3 Å². The molecule has 0 unspecified atom stereocenters. The Bertz CT molecular complexity index is 855. The van der Waals surface area contributed by atoms with Gasteiger partial charge >= 0.3 is 5.97 Å². The Morgan fingerprint density at radius 3 is 2.42 bits per heavy atom. The van der Waals surface area contributed by atoms with Gasteiger partial charge in [-0.15, -0.1) is 0 Å². The summed E-state index contributed by atoms with van der Waals surface area (Å²) in [7, 11) is 1.24. The van der Waals surface area contributed by atoms with Gasteiger partial charge < -0.3 is 15.0 Å². The lowest BCUT2D eigenvalue weighted by Crippen LogP contribution is -2.36. The maximum absolute atomic E-state index is 13.4. The van der Waals surface area contributed by atoms with E-state index in [1.807, 2.05) is 0 Å². The van der Waals surface area contributed by atoms with Gasteiger partial charge in [0.1, 0.15) is 6.54 Å². The number of amides is 2. The highest BCUT2D eigenvalue weighted by atomic mass is 19.2. The SMILES string of the molecule is COC(=O)c1cccc(NC(=O)CN(C(C)=O)c2ccc(F)c(F)c2)c1. The molecule has 0 aliphatic carbocycles. The zero-order valence-corrected chi connectivity index (χ0v) is 14.1. The molecule has 0 saturated carbocycles. The maximum Gasteiger partial charge on any atom is 0.337 e. The second-order valence-corrected chi connectivity index (χ2v) is 5.32. The van der Waals surface area contributed by atoms with E-state index in [2.05, 4.69) is 10.1 Å². The molecule has 2 aromatic carbocycles. The third-order valence-corrected chi connectivity index (χ3v) is 3.46. The van der Waals surface area contributed by atoms with Gasteiger partial charge in [0, 0.05) is 24.4 Å². The van der Waals surface area contributed by atoms with Crippen molar-refractivity contribution < 1.29 is 27.9 Å². The van der Waals surface area contributed by atoms with Gasteiger partial charge in [0.25, 0.3) is 0 Å². The van der Waals surface area contributed by atoms with E-state index in [0.29, 0.717) is 5.69 Å². The lowest BCUT2D eigenvalue weighted by atomic mass is 10.2. The molecule has 8 heteroatoms. The van der Waals surface area contributed by atoms with E-state index < -0.39 is 36.0 Å². The summed E-state index contributed by atoms with van der Waals surface area (Å²) in [6.07, 6.45) is 0. The molecule has 0 aliphatic heterocycles. The van der Waals surface area contributed by atoms with Crippen LogP contribution in [-0.4, -0.2) is 31.4 Å². The number of benzene rings is 2. The predicted octanol–water partition coefficient (Wildman–Crippen LogP) is 2.74. The van der Waals surface area contributed by atoms with Gasteiger partial charge in [0.2, 0.25) is 11.8 Å². The van der Waals surface area contributed by atoms with Crippen molar-refractivity contribution in [1.29, 1.82) is 0 Å². The van der Waals surface area contributed by atoms with Crippen molar-refractivity contribution in [2.75, 3.05) is 23.9 Å². The Balaban J connectivity index is 2.14. The highest BCUT2D eigenvalue weighted by molar-refractivity contribution is 6.02. The summed E-state index contributed by atoms with van der Waals surface area (Å²) >= 11 is 0. The molecular weight excluding hydrogens is 346 g/mol. The molecule has 6 nitrogen and oxygen atoms in total. The highest BCUT2D eigenvalue weighted by Gasteiger charge is 2.18. The van der Waals surface area contributed by atoms with Crippen molar-refractivity contribution in [1.82, 2.24) is 0 Å². The molecule has 26 heavy (non-hydrogen) atoms. The second kappa shape index (κ2) is 8.19. The van der Waals surface area contributed by atoms with Crippen LogP contribution in [0.3, 0.4) is 0 Å². The minimum atomic E-state index is -1.13. The van der Waals surface area contributed by atoms with E-state index in [1.165, 1.54) is 32.2 Å². The van der Waals surface area contributed by atoms with E-state index in [9.17, 15) is 23.2 Å². The normalized spacial score (nSPS) is 10.2. The van der Waals surface area contributed by atoms with Crippen LogP contribution in [0.5, 0.6) is 0 Å². The maximum atomic E-state index is 13.4. The van der Waals surface area contributed by atoms with Gasteiger partial charge in [-0.1, -0.05) is 6.07 Å². The van der Waals surface area contributed by atoms with E-state index in [4.69, 9.17) is 0 Å². The molecule has 0 saturated heterocycles. The largest absolute Gasteiger partial charge is 0.465 e. The number of carbonyl (C=O) groups excluding carboxylic acids is 3. The molecule has 0 spiro atoms. The first kappa shape index (κ1) is 19.0. The Kier molecular flexibility index (Phi) is 6.00. The zero-order chi connectivity index (χ0) is 19.3. The number of rotatable bonds is 5. The number of hydrogen-bond donors (Lipinski definition) is 1. The summed E-state index contributed by atoms with van der Waals surface area (Å²) in [4.78, 5) is 36.5. The molecule has 0 aliphatic rings. The van der Waals surface area contributed by atoms with E-state index in [-0.39, 0.29) is 11.3 Å². The molecule has 136 valence electrons. The predicted molar refractivity (Wildman–Crippen MR) is 90.8 cm³/mol. The molecule has 0 aromatic heterocycles. The monoisotopic (exact) mass is 362 g/mol. The van der Waals surface area contributed by atoms with Crippen molar-refractivity contribution in [3.8, 4) is 0 Å². The van der Waals surface area contributed by atoms with E-state index >= 15 is 0 Å². The van der Waals surface area contributed by atoms with Crippen LogP contribution in [0.25, 0.3) is 0 Å². The van der Waals surface area contributed by atoms with Crippen LogP contribution >= 0.6 is 0 Å². The van der Waals surface area contributed by atoms with Gasteiger partial charge in [0.15, 0.2) is 11.6 Å². The fraction of sp³-hybridized carbons (Fsp3) is 0.167. The van der Waals surface area contributed by atoms with Crippen LogP contribution in [0.2, 0.25) is 0 Å². The fourth-order valence-corrected chi connectivity index (χ4v) is 2.22. The van der Waals surface area contributed by atoms with Gasteiger partial charge in [-0.2, -0.15) is 0 Å². The first-order chi connectivity index (χ1) is 12.3. The number of nitrogens with zero attached hydrogens (tertiary/aromatic N) is 1. The minimum Gasteiger partial charge on any atom is -0.465 e. The van der Waals surface area contributed by atoms with Crippen LogP contribution < -0.4 is 10.2 Å². The van der Waals surface area contributed by atoms with Crippen LogP contribution in [0.1, 0.15) is 17.3 Å². The quantitative estimate of drug-likeness (QED) is 0.830. The highest BCUT2D eigenvalue weighted by Crippen LogP contribution is 2.19. The fourth-order valence-electron chi connectivity index (χ4n) is 2.22. The van der Waals surface area contributed by atoms with Crippen LogP contribution in [0.4, 0.5) is 20.2 Å². The number of methoxy groups -OCH3 is 1. The third-order valence-electron chi connectivity index (χ3n) is 3.46. The van der Waals surface area contributed by atoms with Crippen molar-refractivity contribution >= 4 is 29.2 Å². The summed E-state index contributed by atoms with van der Waals surface area (Å²) in [5.41, 5.74) is 0.621. The van der Waals surface area contributed by atoms with Gasteiger partial charge in [-0.3, -0.25) is 9.59 Å². The molecule has 0 heterocycles. The summed E-state index contributed by atoms with van der Waals surface area (Å²) in [6.45, 7) is 0.787. The van der Waals surface area contributed by atoms with Gasteiger partial charge in [-0.25, -0.2) is 13.6 Å². The summed E-state index contributed by atoms with van der Waals surface area (Å²) in [5, 5.41) is 2.53. The Morgan fingerprint density at radius 2 is 1.81 bits per heavy atom. The first-order valence-electron chi connectivity index (χ1n) is 7.53. The van der Waals surface area contributed by atoms with Gasteiger partial charge in [0.05, 0.1) is 12.7 Å². The molecular formula is C18H16F2N2O4. The molecule has 2 amide bonds. The number of carbonyl (C=O) groups is 3. The van der Waals surface area contributed by atoms with Crippen molar-refractivity contribution in [2.45, 2.75) is 6.92 Å². The zero-order valence-electron chi connectivity index (χ0n) is 14.1. The molecule has 2 rings (SSSR count).